The van der Waals surface area contributed by atoms with Gasteiger partial charge in [0.2, 0.25) is 24.5 Å². The number of benzene rings is 2. The highest BCUT2D eigenvalue weighted by Crippen LogP contribution is 2.35. The summed E-state index contributed by atoms with van der Waals surface area (Å²) in [6.07, 6.45) is -0.282. The van der Waals surface area contributed by atoms with Crippen LogP contribution in [0.4, 0.5) is 5.82 Å². The second-order valence-electron chi connectivity index (χ2n) is 10.2. The van der Waals surface area contributed by atoms with Crippen LogP contribution in [0, 0.1) is 6.92 Å². The third kappa shape index (κ3) is 7.29. The first-order valence-corrected chi connectivity index (χ1v) is 12.9. The fourth-order valence-electron chi connectivity index (χ4n) is 4.14. The Kier molecular flexibility index (Phi) is 8.44. The lowest BCUT2D eigenvalue weighted by atomic mass is 10.00. The van der Waals surface area contributed by atoms with Gasteiger partial charge in [-0.25, -0.2) is 0 Å². The van der Waals surface area contributed by atoms with E-state index in [-0.39, 0.29) is 32.0 Å². The molecule has 0 spiro atoms. The van der Waals surface area contributed by atoms with E-state index in [0.29, 0.717) is 27.8 Å². The summed E-state index contributed by atoms with van der Waals surface area (Å²) in [6, 6.07) is 12.8. The number of halogens is 1. The molecule has 2 N–H and O–H groups in total. The van der Waals surface area contributed by atoms with Crippen molar-refractivity contribution >= 4 is 35.1 Å². The van der Waals surface area contributed by atoms with Crippen molar-refractivity contribution in [3.05, 3.63) is 70.4 Å². The van der Waals surface area contributed by atoms with Crippen molar-refractivity contribution in [1.29, 1.82) is 0 Å². The predicted molar refractivity (Wildman–Crippen MR) is 144 cm³/mol. The highest BCUT2D eigenvalue weighted by molar-refractivity contribution is 6.31. The molecule has 11 heteroatoms. The van der Waals surface area contributed by atoms with Crippen LogP contribution in [0.3, 0.4) is 0 Å². The fourth-order valence-corrected chi connectivity index (χ4v) is 4.38. The van der Waals surface area contributed by atoms with Crippen molar-refractivity contribution in [1.82, 2.24) is 15.4 Å². The third-order valence-electron chi connectivity index (χ3n) is 5.83. The summed E-state index contributed by atoms with van der Waals surface area (Å²) in [5.41, 5.74) is 0.618. The Morgan fingerprint density at radius 1 is 1.05 bits per heavy atom. The Morgan fingerprint density at radius 2 is 1.79 bits per heavy atom. The highest BCUT2D eigenvalue weighted by atomic mass is 35.5. The van der Waals surface area contributed by atoms with E-state index in [1.54, 1.807) is 55.5 Å². The molecule has 1 aromatic heterocycles. The average Bonchev–Trinajstić information content (AvgIpc) is 3.50. The minimum Gasteiger partial charge on any atom is -0.454 e. The van der Waals surface area contributed by atoms with Gasteiger partial charge in [0.25, 0.3) is 0 Å². The maximum atomic E-state index is 13.8. The van der Waals surface area contributed by atoms with Crippen LogP contribution in [0.1, 0.15) is 56.5 Å². The molecule has 3 amide bonds. The lowest BCUT2D eigenvalue weighted by Gasteiger charge is -2.34. The Balaban J connectivity index is 1.64. The number of nitrogens with zero attached hydrogens (tertiary/aromatic N) is 2. The zero-order valence-electron chi connectivity index (χ0n) is 22.2. The van der Waals surface area contributed by atoms with Gasteiger partial charge >= 0.3 is 0 Å². The van der Waals surface area contributed by atoms with E-state index in [2.05, 4.69) is 15.8 Å². The Morgan fingerprint density at radius 3 is 2.49 bits per heavy atom. The first-order valence-electron chi connectivity index (χ1n) is 12.5. The molecular weight excluding hydrogens is 524 g/mol. The summed E-state index contributed by atoms with van der Waals surface area (Å²) < 4.78 is 15.9. The summed E-state index contributed by atoms with van der Waals surface area (Å²) >= 11 is 6.55. The molecule has 2 aromatic carbocycles. The molecule has 0 saturated carbocycles. The molecule has 206 valence electrons. The molecule has 0 unspecified atom stereocenters. The topological polar surface area (TPSA) is 123 Å². The van der Waals surface area contributed by atoms with Gasteiger partial charge in [0.1, 0.15) is 11.8 Å². The molecule has 1 atom stereocenters. The van der Waals surface area contributed by atoms with Crippen LogP contribution in [0.15, 0.2) is 53.1 Å². The smallest absolute Gasteiger partial charge is 0.247 e. The lowest BCUT2D eigenvalue weighted by Crippen LogP contribution is -2.49. The van der Waals surface area contributed by atoms with Crippen molar-refractivity contribution in [2.75, 3.05) is 12.1 Å². The molecule has 2 heterocycles. The van der Waals surface area contributed by atoms with Gasteiger partial charge < -0.3 is 29.5 Å². The van der Waals surface area contributed by atoms with E-state index in [4.69, 9.17) is 25.6 Å². The monoisotopic (exact) mass is 554 g/mol. The second-order valence-corrected chi connectivity index (χ2v) is 10.7. The molecule has 39 heavy (non-hydrogen) atoms. The molecule has 10 nitrogen and oxygen atoms in total. The van der Waals surface area contributed by atoms with E-state index in [1.807, 2.05) is 20.8 Å². The number of carbonyl (C=O) groups is 3. The number of aryl methyl sites for hydroxylation is 1. The zero-order chi connectivity index (χ0) is 28.2. The number of aromatic nitrogens is 1. The molecule has 0 radical (unpaired) electrons. The maximum absolute atomic E-state index is 13.8. The predicted octanol–water partition coefficient (Wildman–Crippen LogP) is 4.77. The number of hydrogen-bond donors (Lipinski definition) is 2. The van der Waals surface area contributed by atoms with Crippen LogP contribution in [0.5, 0.6) is 11.5 Å². The number of fused-ring (bicyclic) bond motifs is 1. The van der Waals surface area contributed by atoms with Crippen LogP contribution in [0.25, 0.3) is 0 Å². The van der Waals surface area contributed by atoms with E-state index in [1.165, 1.54) is 4.90 Å². The molecule has 0 bridgehead atoms. The van der Waals surface area contributed by atoms with Gasteiger partial charge in [-0.3, -0.25) is 14.4 Å². The first kappa shape index (κ1) is 28.0. The van der Waals surface area contributed by atoms with Gasteiger partial charge in [-0.2, -0.15) is 0 Å². The Labute approximate surface area is 231 Å². The van der Waals surface area contributed by atoms with E-state index < -0.39 is 29.3 Å². The van der Waals surface area contributed by atoms with E-state index in [9.17, 15) is 14.4 Å². The fraction of sp³-hybridized carbons (Fsp3) is 0.357. The highest BCUT2D eigenvalue weighted by Gasteiger charge is 2.35. The van der Waals surface area contributed by atoms with Crippen LogP contribution in [-0.2, 0) is 20.9 Å². The van der Waals surface area contributed by atoms with E-state index in [0.717, 1.165) is 5.56 Å². The SMILES string of the molecule is Cc1cc(NC(=O)CCC(=O)N(Cc2ccc3c(c2)OCO3)[C@@H](C(=O)NC(C)(C)C)c2ccccc2Cl)no1. The van der Waals surface area contributed by atoms with Gasteiger partial charge in [0.05, 0.1) is 0 Å². The molecule has 4 rings (SSSR count). The number of nitrogens with one attached hydrogen (secondary N) is 2. The van der Waals surface area contributed by atoms with Crippen molar-refractivity contribution in [3.8, 4) is 11.5 Å². The van der Waals surface area contributed by atoms with Gasteiger partial charge in [-0.05, 0) is 51.5 Å². The quantitative estimate of drug-likeness (QED) is 0.390. The molecule has 0 saturated heterocycles. The van der Waals surface area contributed by atoms with Crippen molar-refractivity contribution in [2.24, 2.45) is 0 Å². The Bertz CT molecular complexity index is 1370. The molecule has 1 aliphatic heterocycles. The lowest BCUT2D eigenvalue weighted by molar-refractivity contribution is -0.142. The number of anilines is 1. The summed E-state index contributed by atoms with van der Waals surface area (Å²) in [5.74, 6) is 0.748. The van der Waals surface area contributed by atoms with Crippen LogP contribution in [-0.4, -0.2) is 40.1 Å². The molecular formula is C28H31ClN4O6. The normalized spacial score (nSPS) is 13.1. The number of rotatable bonds is 9. The number of carbonyl (C=O) groups excluding carboxylic acids is 3. The average molecular weight is 555 g/mol. The number of amides is 3. The molecule has 0 aliphatic carbocycles. The standard InChI is InChI=1S/C28H31ClN4O6/c1-17-13-23(32-39-17)30-24(34)11-12-25(35)33(15-18-9-10-21-22(14-18)38-16-37-21)26(27(36)31-28(2,3)4)19-7-5-6-8-20(19)29/h5-10,13-14,26H,11-12,15-16H2,1-4H3,(H,31,36)(H,30,32,34)/t26-/m1/s1. The summed E-state index contributed by atoms with van der Waals surface area (Å²) in [4.78, 5) is 41.5. The van der Waals surface area contributed by atoms with Crippen LogP contribution >= 0.6 is 11.6 Å². The van der Waals surface area contributed by atoms with Gasteiger partial charge in [0.15, 0.2) is 17.3 Å². The molecule has 1 aliphatic rings. The minimum atomic E-state index is -1.06. The Hall–Kier alpha value is -4.05. The molecule has 3 aromatic rings. The van der Waals surface area contributed by atoms with Gasteiger partial charge in [0, 0.05) is 41.6 Å². The number of hydrogen-bond acceptors (Lipinski definition) is 7. The van der Waals surface area contributed by atoms with Crippen LogP contribution in [0.2, 0.25) is 5.02 Å². The van der Waals surface area contributed by atoms with Gasteiger partial charge in [-0.1, -0.05) is 41.0 Å². The van der Waals surface area contributed by atoms with Gasteiger partial charge in [-0.15, -0.1) is 0 Å². The second kappa shape index (κ2) is 11.8. The molecule has 0 fully saturated rings. The third-order valence-corrected chi connectivity index (χ3v) is 6.17. The summed E-state index contributed by atoms with van der Waals surface area (Å²) in [7, 11) is 0. The van der Waals surface area contributed by atoms with Crippen molar-refractivity contribution in [3.63, 3.8) is 0 Å². The van der Waals surface area contributed by atoms with Crippen LogP contribution < -0.4 is 20.1 Å². The van der Waals surface area contributed by atoms with Crippen molar-refractivity contribution < 1.29 is 28.4 Å². The minimum absolute atomic E-state index is 0.0625. The van der Waals surface area contributed by atoms with E-state index >= 15 is 0 Å². The van der Waals surface area contributed by atoms with Crippen molar-refractivity contribution in [2.45, 2.75) is 58.7 Å². The zero-order valence-corrected chi connectivity index (χ0v) is 23.0. The largest absolute Gasteiger partial charge is 0.454 e. The maximum Gasteiger partial charge on any atom is 0.247 e. The first-order chi connectivity index (χ1) is 18.5. The number of ether oxygens (including phenoxy) is 2. The summed E-state index contributed by atoms with van der Waals surface area (Å²) in [6.45, 7) is 7.44. The summed E-state index contributed by atoms with van der Waals surface area (Å²) in [5, 5.41) is 9.67.